The lowest BCUT2D eigenvalue weighted by molar-refractivity contribution is -0.197. The number of imide groups is 1. The van der Waals surface area contributed by atoms with Crippen LogP contribution in [0.2, 0.25) is 0 Å². The van der Waals surface area contributed by atoms with Gasteiger partial charge in [-0.05, 0) is 42.8 Å². The van der Waals surface area contributed by atoms with Gasteiger partial charge in [0.1, 0.15) is 5.03 Å². The predicted octanol–water partition coefficient (Wildman–Crippen LogP) is 2.51. The van der Waals surface area contributed by atoms with Gasteiger partial charge in [0, 0.05) is 50.7 Å². The first-order valence-corrected chi connectivity index (χ1v) is 13.7. The molecule has 0 aliphatic carbocycles. The van der Waals surface area contributed by atoms with E-state index in [2.05, 4.69) is 33.6 Å². The van der Waals surface area contributed by atoms with E-state index in [0.717, 1.165) is 24.4 Å². The number of unbranched alkanes of at least 4 members (excludes halogenated alkanes) is 2. The van der Waals surface area contributed by atoms with Crippen LogP contribution in [0, 0.1) is 0 Å². The first kappa shape index (κ1) is 32.2. The monoisotopic (exact) mass is 533 g/mol. The Morgan fingerprint density at radius 3 is 2.41 bits per heavy atom. The molecule has 0 saturated carbocycles. The summed E-state index contributed by atoms with van der Waals surface area (Å²) < 4.78 is 2.62. The second-order valence-electron chi connectivity index (χ2n) is 6.54. The number of thiol groups is 1. The van der Waals surface area contributed by atoms with Crippen molar-refractivity contribution in [3.63, 3.8) is 0 Å². The molecule has 34 heavy (non-hydrogen) atoms. The highest BCUT2D eigenvalue weighted by Crippen LogP contribution is 2.29. The van der Waals surface area contributed by atoms with Crippen molar-refractivity contribution in [3.8, 4) is 0 Å². The van der Waals surface area contributed by atoms with Gasteiger partial charge in [0.15, 0.2) is 0 Å². The van der Waals surface area contributed by atoms with Crippen molar-refractivity contribution in [1.82, 2.24) is 20.1 Å². The highest BCUT2D eigenvalue weighted by molar-refractivity contribution is 8.76. The molecule has 0 radical (unpaired) electrons. The molecule has 1 aliphatic rings. The summed E-state index contributed by atoms with van der Waals surface area (Å²) in [6.45, 7) is 3.48. The van der Waals surface area contributed by atoms with Crippen LogP contribution in [0.4, 0.5) is 0 Å². The minimum absolute atomic E-state index is 0.000381. The Hall–Kier alpha value is -1.80. The van der Waals surface area contributed by atoms with Crippen LogP contribution in [-0.4, -0.2) is 59.6 Å². The second kappa shape index (κ2) is 21.7. The minimum Gasteiger partial charge on any atom is -0.356 e. The van der Waals surface area contributed by atoms with Crippen LogP contribution >= 0.6 is 34.4 Å². The molecule has 0 bridgehead atoms. The molecule has 192 valence electrons. The average Bonchev–Trinajstić information content (AvgIpc) is 3.18. The zero-order valence-corrected chi connectivity index (χ0v) is 22.2. The lowest BCUT2D eigenvalue weighted by atomic mass is 10.2. The second-order valence-corrected chi connectivity index (χ2v) is 9.29. The van der Waals surface area contributed by atoms with Gasteiger partial charge in [-0.15, -0.1) is 5.06 Å². The number of nitrogens with two attached hydrogens (primary N) is 1. The van der Waals surface area contributed by atoms with E-state index in [0.29, 0.717) is 30.2 Å². The van der Waals surface area contributed by atoms with E-state index in [1.807, 2.05) is 25.1 Å². The van der Waals surface area contributed by atoms with Gasteiger partial charge in [-0.1, -0.05) is 43.0 Å². The number of nitrogens with zero attached hydrogens (tertiary/aromatic N) is 2. The molecule has 0 spiro atoms. The largest absolute Gasteiger partial charge is 0.356 e. The third kappa shape index (κ3) is 15.9. The number of nitrogens with one attached hydrogen (secondary N) is 2. The van der Waals surface area contributed by atoms with Crippen LogP contribution in [0.15, 0.2) is 29.4 Å². The van der Waals surface area contributed by atoms with E-state index in [9.17, 15) is 19.2 Å². The fraction of sp³-hybridized carbons (Fsp3) is 0.571. The fourth-order valence-electron chi connectivity index (χ4n) is 2.33. The number of rotatable bonds is 13. The zero-order valence-electron chi connectivity index (χ0n) is 19.7. The number of carbonyl (C=O) groups excluding carboxylic acids is 4. The van der Waals surface area contributed by atoms with E-state index in [4.69, 9.17) is 4.84 Å². The third-order valence-corrected chi connectivity index (χ3v) is 6.51. The van der Waals surface area contributed by atoms with Gasteiger partial charge in [-0.2, -0.15) is 0 Å². The average molecular weight is 534 g/mol. The SMILES string of the molecule is CCNS.CN.O=C(CCSSc1ccccn1)NCCCCCC(=O)ON1C(=O)CCC1=O. The lowest BCUT2D eigenvalue weighted by Crippen LogP contribution is -2.31. The molecule has 0 atom stereocenters. The highest BCUT2D eigenvalue weighted by Gasteiger charge is 2.32. The Bertz CT molecular complexity index is 710. The van der Waals surface area contributed by atoms with Crippen LogP contribution in [0.5, 0.6) is 0 Å². The van der Waals surface area contributed by atoms with Crippen molar-refractivity contribution >= 4 is 58.1 Å². The Morgan fingerprint density at radius 2 is 1.82 bits per heavy atom. The maximum Gasteiger partial charge on any atom is 0.333 e. The van der Waals surface area contributed by atoms with Crippen molar-refractivity contribution in [3.05, 3.63) is 24.4 Å². The molecule has 13 heteroatoms. The van der Waals surface area contributed by atoms with Crippen LogP contribution in [0.1, 0.15) is 51.9 Å². The van der Waals surface area contributed by atoms with Gasteiger partial charge in [0.25, 0.3) is 11.8 Å². The molecule has 4 N–H and O–H groups in total. The number of aromatic nitrogens is 1. The van der Waals surface area contributed by atoms with Gasteiger partial charge in [-0.25, -0.2) is 9.78 Å². The van der Waals surface area contributed by atoms with Crippen LogP contribution in [0.25, 0.3) is 0 Å². The number of hydrogen-bond donors (Lipinski definition) is 4. The first-order chi connectivity index (χ1) is 16.5. The van der Waals surface area contributed by atoms with E-state index < -0.39 is 17.8 Å². The molecule has 0 unspecified atom stereocenters. The summed E-state index contributed by atoms with van der Waals surface area (Å²) >= 11 is 3.67. The maximum atomic E-state index is 11.8. The Morgan fingerprint density at radius 1 is 1.15 bits per heavy atom. The Kier molecular flexibility index (Phi) is 20.6. The molecule has 2 heterocycles. The summed E-state index contributed by atoms with van der Waals surface area (Å²) in [7, 11) is 4.64. The molecule has 2 rings (SSSR count). The van der Waals surface area contributed by atoms with E-state index in [1.54, 1.807) is 27.8 Å². The van der Waals surface area contributed by atoms with Crippen LogP contribution in [-0.2, 0) is 24.0 Å². The number of hydroxylamine groups is 2. The van der Waals surface area contributed by atoms with E-state index in [-0.39, 0.29) is 25.2 Å². The molecule has 0 aromatic carbocycles. The summed E-state index contributed by atoms with van der Waals surface area (Å²) in [4.78, 5) is 55.1. The molecular formula is C21H35N5O5S3. The van der Waals surface area contributed by atoms with Gasteiger partial charge < -0.3 is 15.9 Å². The Balaban J connectivity index is 0.00000164. The van der Waals surface area contributed by atoms with Gasteiger partial charge in [0.2, 0.25) is 5.91 Å². The first-order valence-electron chi connectivity index (χ1n) is 11.0. The quantitative estimate of drug-likeness (QED) is 0.129. The summed E-state index contributed by atoms with van der Waals surface area (Å²) in [6.07, 6.45) is 4.54. The van der Waals surface area contributed by atoms with Crippen molar-refractivity contribution in [2.45, 2.75) is 56.9 Å². The molecule has 1 saturated heterocycles. The van der Waals surface area contributed by atoms with Crippen molar-refractivity contribution < 1.29 is 24.0 Å². The molecule has 1 aromatic rings. The number of pyridine rings is 1. The van der Waals surface area contributed by atoms with Gasteiger partial charge >= 0.3 is 5.97 Å². The Labute approximate surface area is 214 Å². The topological polar surface area (TPSA) is 144 Å². The van der Waals surface area contributed by atoms with Gasteiger partial charge in [-0.3, -0.25) is 19.1 Å². The zero-order chi connectivity index (χ0) is 25.6. The fourth-order valence-corrected chi connectivity index (χ4v) is 4.19. The normalized spacial score (nSPS) is 12.3. The van der Waals surface area contributed by atoms with E-state index in [1.165, 1.54) is 7.05 Å². The smallest absolute Gasteiger partial charge is 0.333 e. The molecule has 3 amide bonds. The minimum atomic E-state index is -0.588. The van der Waals surface area contributed by atoms with Crippen molar-refractivity contribution in [1.29, 1.82) is 0 Å². The molecule has 10 nitrogen and oxygen atoms in total. The molecule has 1 fully saturated rings. The van der Waals surface area contributed by atoms with Gasteiger partial charge in [0.05, 0.1) is 0 Å². The third-order valence-electron chi connectivity index (χ3n) is 3.93. The number of carbonyl (C=O) groups is 4. The standard InChI is InChI=1S/C18H23N3O5S2.C2H7NS.CH5N/c22-14(10-13-27-28-15-6-3-5-12-20-15)19-11-4-1-2-7-18(25)26-21-16(23)8-9-17(21)24;1-2-3-4;1-2/h3,5-6,12H,1-2,4,7-11,13H2,(H,19,22);3-4H,2H2,1H3;2H2,1H3. The summed E-state index contributed by atoms with van der Waals surface area (Å²) in [5, 5.41) is 4.33. The van der Waals surface area contributed by atoms with Crippen molar-refractivity contribution in [2.24, 2.45) is 5.73 Å². The summed E-state index contributed by atoms with van der Waals surface area (Å²) in [5.41, 5.74) is 4.50. The van der Waals surface area contributed by atoms with Crippen molar-refractivity contribution in [2.75, 3.05) is 25.9 Å². The number of hydrogen-bond acceptors (Lipinski definition) is 11. The van der Waals surface area contributed by atoms with Crippen LogP contribution in [0.3, 0.4) is 0 Å². The molecule has 1 aliphatic heterocycles. The van der Waals surface area contributed by atoms with E-state index >= 15 is 0 Å². The highest BCUT2D eigenvalue weighted by atomic mass is 33.1. The summed E-state index contributed by atoms with van der Waals surface area (Å²) in [5.74, 6) is -0.836. The maximum absolute atomic E-state index is 11.8. The predicted molar refractivity (Wildman–Crippen MR) is 139 cm³/mol. The lowest BCUT2D eigenvalue weighted by Gasteiger charge is -2.12. The molecule has 1 aromatic heterocycles. The van der Waals surface area contributed by atoms with Crippen LogP contribution < -0.4 is 15.8 Å². The molecular weight excluding hydrogens is 498 g/mol. The summed E-state index contributed by atoms with van der Waals surface area (Å²) in [6, 6.07) is 5.71. The number of amides is 3.